The van der Waals surface area contributed by atoms with Crippen LogP contribution in [0.5, 0.6) is 11.5 Å². The van der Waals surface area contributed by atoms with Crippen LogP contribution >= 0.6 is 0 Å². The van der Waals surface area contributed by atoms with Crippen LogP contribution in [0.1, 0.15) is 23.7 Å². The number of aryl methyl sites for hydroxylation is 1. The van der Waals surface area contributed by atoms with Crippen molar-refractivity contribution in [2.24, 2.45) is 0 Å². The molecule has 2 heterocycles. The van der Waals surface area contributed by atoms with Gasteiger partial charge in [0.2, 0.25) is 0 Å². The van der Waals surface area contributed by atoms with E-state index in [1.54, 1.807) is 10.9 Å². The Bertz CT molecular complexity index is 634. The molecule has 0 atom stereocenters. The Labute approximate surface area is 117 Å². The molecule has 5 nitrogen and oxygen atoms in total. The minimum absolute atomic E-state index is 0.543. The summed E-state index contributed by atoms with van der Waals surface area (Å²) < 4.78 is 12.9. The van der Waals surface area contributed by atoms with Crippen molar-refractivity contribution in [3.8, 4) is 22.8 Å². The van der Waals surface area contributed by atoms with Crippen molar-refractivity contribution in [1.29, 1.82) is 0 Å². The van der Waals surface area contributed by atoms with Crippen LogP contribution < -0.4 is 9.47 Å². The van der Waals surface area contributed by atoms with Crippen molar-refractivity contribution in [2.45, 2.75) is 19.9 Å². The fraction of sp³-hybridized carbons (Fsp3) is 0.333. The van der Waals surface area contributed by atoms with Gasteiger partial charge in [-0.25, -0.2) is 0 Å². The van der Waals surface area contributed by atoms with Crippen LogP contribution in [0.2, 0.25) is 0 Å². The fourth-order valence-corrected chi connectivity index (χ4v) is 2.28. The highest BCUT2D eigenvalue weighted by Gasteiger charge is 2.16. The number of carbonyl (C=O) groups excluding carboxylic acids is 1. The van der Waals surface area contributed by atoms with Crippen molar-refractivity contribution in [2.75, 3.05) is 13.2 Å². The van der Waals surface area contributed by atoms with Gasteiger partial charge in [-0.05, 0) is 24.6 Å². The van der Waals surface area contributed by atoms with Gasteiger partial charge in [0.1, 0.15) is 18.9 Å². The third-order valence-electron chi connectivity index (χ3n) is 3.19. The molecule has 104 valence electrons. The topological polar surface area (TPSA) is 53.4 Å². The lowest BCUT2D eigenvalue weighted by Crippen LogP contribution is -2.15. The normalized spacial score (nSPS) is 13.2. The Morgan fingerprint density at radius 2 is 2.10 bits per heavy atom. The van der Waals surface area contributed by atoms with E-state index in [9.17, 15) is 4.79 Å². The molecule has 0 bridgehead atoms. The molecule has 0 saturated carbocycles. The van der Waals surface area contributed by atoms with E-state index in [4.69, 9.17) is 9.47 Å². The van der Waals surface area contributed by atoms with E-state index in [-0.39, 0.29) is 0 Å². The average Bonchev–Trinajstić information content (AvgIpc) is 2.90. The molecule has 1 aromatic heterocycles. The molecule has 0 aliphatic carbocycles. The van der Waals surface area contributed by atoms with Crippen LogP contribution in [0.25, 0.3) is 11.3 Å². The molecule has 0 fully saturated rings. The van der Waals surface area contributed by atoms with Gasteiger partial charge in [0.15, 0.2) is 17.8 Å². The predicted octanol–water partition coefficient (Wildman–Crippen LogP) is 2.54. The zero-order chi connectivity index (χ0) is 13.9. The van der Waals surface area contributed by atoms with Gasteiger partial charge in [0.25, 0.3) is 0 Å². The number of fused-ring (bicyclic) bond motifs is 1. The summed E-state index contributed by atoms with van der Waals surface area (Å²) in [5.41, 5.74) is 2.15. The molecule has 0 spiro atoms. The summed E-state index contributed by atoms with van der Waals surface area (Å²) in [7, 11) is 0. The lowest BCUT2D eigenvalue weighted by molar-refractivity contribution is 0.112. The van der Waals surface area contributed by atoms with Crippen LogP contribution in [-0.2, 0) is 6.54 Å². The molecule has 1 aliphatic rings. The first-order valence-corrected chi connectivity index (χ1v) is 6.74. The molecule has 3 rings (SSSR count). The maximum atomic E-state index is 11.2. The first kappa shape index (κ1) is 12.7. The van der Waals surface area contributed by atoms with Crippen LogP contribution in [-0.4, -0.2) is 29.3 Å². The Hall–Kier alpha value is -2.30. The number of hydrogen-bond acceptors (Lipinski definition) is 4. The lowest BCUT2D eigenvalue weighted by atomic mass is 10.1. The van der Waals surface area contributed by atoms with Crippen LogP contribution in [0, 0.1) is 0 Å². The van der Waals surface area contributed by atoms with Crippen molar-refractivity contribution >= 4 is 6.29 Å². The van der Waals surface area contributed by atoms with Gasteiger partial charge >= 0.3 is 0 Å². The number of rotatable bonds is 4. The summed E-state index contributed by atoms with van der Waals surface area (Å²) in [6, 6.07) is 5.64. The van der Waals surface area contributed by atoms with E-state index in [1.807, 2.05) is 18.2 Å². The number of aldehydes is 1. The molecule has 2 aromatic rings. The zero-order valence-corrected chi connectivity index (χ0v) is 11.3. The minimum atomic E-state index is 0.543. The first-order valence-electron chi connectivity index (χ1n) is 6.74. The molecule has 0 saturated heterocycles. The van der Waals surface area contributed by atoms with E-state index in [0.29, 0.717) is 30.2 Å². The minimum Gasteiger partial charge on any atom is -0.486 e. The van der Waals surface area contributed by atoms with E-state index < -0.39 is 0 Å². The van der Waals surface area contributed by atoms with Crippen LogP contribution in [0.15, 0.2) is 24.4 Å². The van der Waals surface area contributed by atoms with Gasteiger partial charge in [-0.2, -0.15) is 5.10 Å². The van der Waals surface area contributed by atoms with Gasteiger partial charge < -0.3 is 9.47 Å². The standard InChI is InChI=1S/C15H16N2O3/c1-2-5-17-9-12(10-18)15(16-17)11-3-4-13-14(8-11)20-7-6-19-13/h3-4,8-10H,2,5-7H2,1H3. The predicted molar refractivity (Wildman–Crippen MR) is 74.3 cm³/mol. The third-order valence-corrected chi connectivity index (χ3v) is 3.19. The summed E-state index contributed by atoms with van der Waals surface area (Å²) in [6.45, 7) is 3.98. The number of aromatic nitrogens is 2. The quantitative estimate of drug-likeness (QED) is 0.803. The first-order chi connectivity index (χ1) is 9.81. The highest BCUT2D eigenvalue weighted by molar-refractivity contribution is 5.85. The van der Waals surface area contributed by atoms with Crippen LogP contribution in [0.4, 0.5) is 0 Å². The molecule has 0 unspecified atom stereocenters. The second-order valence-corrected chi connectivity index (χ2v) is 4.67. The molecule has 5 heteroatoms. The highest BCUT2D eigenvalue weighted by Crippen LogP contribution is 2.34. The van der Waals surface area contributed by atoms with E-state index in [1.165, 1.54) is 0 Å². The molecular weight excluding hydrogens is 256 g/mol. The summed E-state index contributed by atoms with van der Waals surface area (Å²) in [5, 5.41) is 4.48. The Kier molecular flexibility index (Phi) is 3.41. The number of hydrogen-bond donors (Lipinski definition) is 0. The van der Waals surface area contributed by atoms with Crippen molar-refractivity contribution in [3.05, 3.63) is 30.0 Å². The third kappa shape index (κ3) is 2.27. The lowest BCUT2D eigenvalue weighted by Gasteiger charge is -2.18. The van der Waals surface area contributed by atoms with E-state index in [2.05, 4.69) is 12.0 Å². The number of ether oxygens (including phenoxy) is 2. The fourth-order valence-electron chi connectivity index (χ4n) is 2.28. The number of benzene rings is 1. The molecule has 20 heavy (non-hydrogen) atoms. The Morgan fingerprint density at radius 1 is 1.30 bits per heavy atom. The summed E-state index contributed by atoms with van der Waals surface area (Å²) in [5.74, 6) is 1.44. The second-order valence-electron chi connectivity index (χ2n) is 4.67. The molecular formula is C15H16N2O3. The molecule has 1 aromatic carbocycles. The molecule has 0 radical (unpaired) electrons. The second kappa shape index (κ2) is 5.36. The monoisotopic (exact) mass is 272 g/mol. The zero-order valence-electron chi connectivity index (χ0n) is 11.3. The summed E-state index contributed by atoms with van der Waals surface area (Å²) in [4.78, 5) is 11.2. The molecule has 1 aliphatic heterocycles. The smallest absolute Gasteiger partial charge is 0.162 e. The number of carbonyl (C=O) groups is 1. The van der Waals surface area contributed by atoms with Gasteiger partial charge in [-0.1, -0.05) is 6.92 Å². The van der Waals surface area contributed by atoms with Crippen molar-refractivity contribution < 1.29 is 14.3 Å². The largest absolute Gasteiger partial charge is 0.486 e. The summed E-state index contributed by atoms with van der Waals surface area (Å²) >= 11 is 0. The average molecular weight is 272 g/mol. The Morgan fingerprint density at radius 3 is 2.85 bits per heavy atom. The van der Waals surface area contributed by atoms with Gasteiger partial charge in [-0.3, -0.25) is 9.48 Å². The summed E-state index contributed by atoms with van der Waals surface area (Å²) in [6.07, 6.45) is 3.59. The van der Waals surface area contributed by atoms with Gasteiger partial charge in [-0.15, -0.1) is 0 Å². The van der Waals surface area contributed by atoms with Crippen molar-refractivity contribution in [3.63, 3.8) is 0 Å². The number of nitrogens with zero attached hydrogens (tertiary/aromatic N) is 2. The SMILES string of the molecule is CCCn1cc(C=O)c(-c2ccc3c(c2)OCCO3)n1. The van der Waals surface area contributed by atoms with E-state index >= 15 is 0 Å². The van der Waals surface area contributed by atoms with Gasteiger partial charge in [0.05, 0.1) is 5.56 Å². The van der Waals surface area contributed by atoms with Crippen molar-refractivity contribution in [1.82, 2.24) is 9.78 Å². The Balaban J connectivity index is 2.01. The highest BCUT2D eigenvalue weighted by atomic mass is 16.6. The molecule has 0 N–H and O–H groups in total. The molecule has 0 amide bonds. The van der Waals surface area contributed by atoms with Crippen LogP contribution in [0.3, 0.4) is 0 Å². The van der Waals surface area contributed by atoms with Gasteiger partial charge in [0, 0.05) is 18.3 Å². The van der Waals surface area contributed by atoms with E-state index in [0.717, 1.165) is 30.6 Å². The maximum Gasteiger partial charge on any atom is 0.162 e. The maximum absolute atomic E-state index is 11.2.